The van der Waals surface area contributed by atoms with Gasteiger partial charge in [0, 0.05) is 19.2 Å². The molecule has 28 heavy (non-hydrogen) atoms. The number of halogens is 1. The predicted molar refractivity (Wildman–Crippen MR) is 100 cm³/mol. The maximum absolute atomic E-state index is 14.2. The van der Waals surface area contributed by atoms with E-state index in [1.165, 1.54) is 10.6 Å². The second kappa shape index (κ2) is 6.12. The summed E-state index contributed by atoms with van der Waals surface area (Å²) >= 11 is 0. The van der Waals surface area contributed by atoms with E-state index in [1.807, 2.05) is 13.0 Å². The number of anilines is 1. The first-order chi connectivity index (χ1) is 13.7. The van der Waals surface area contributed by atoms with Crippen LogP contribution in [-0.4, -0.2) is 27.2 Å². The molecule has 0 radical (unpaired) electrons. The lowest BCUT2D eigenvalue weighted by Gasteiger charge is -2.35. The largest absolute Gasteiger partial charge is 0.342 e. The Kier molecular flexibility index (Phi) is 3.57. The number of aromatic nitrogens is 3. The number of rotatable bonds is 2. The zero-order valence-electron chi connectivity index (χ0n) is 15.0. The summed E-state index contributed by atoms with van der Waals surface area (Å²) in [4.78, 5) is 15.3. The molecule has 2 aliphatic rings. The van der Waals surface area contributed by atoms with Gasteiger partial charge in [0.05, 0.1) is 22.6 Å². The van der Waals surface area contributed by atoms with E-state index in [4.69, 9.17) is 0 Å². The lowest BCUT2D eigenvalue weighted by atomic mass is 10.00. The van der Waals surface area contributed by atoms with Crippen molar-refractivity contribution in [2.24, 2.45) is 9.98 Å². The molecule has 0 bridgehead atoms. The molecule has 0 spiro atoms. The summed E-state index contributed by atoms with van der Waals surface area (Å²) in [5.74, 6) is 0.379. The number of aliphatic imine (C=N–C) groups is 2. The molecule has 7 nitrogen and oxygen atoms in total. The maximum Gasteiger partial charge on any atom is 0.148 e. The van der Waals surface area contributed by atoms with Gasteiger partial charge in [-0.25, -0.2) is 13.9 Å². The highest BCUT2D eigenvalue weighted by Crippen LogP contribution is 2.40. The second-order valence-electron chi connectivity index (χ2n) is 6.67. The molecule has 1 atom stereocenters. The van der Waals surface area contributed by atoms with Crippen molar-refractivity contribution >= 4 is 17.3 Å². The average molecular weight is 371 g/mol. The SMILES string of the molecule is Cc1nc(N2CCC3=C(N=C=N3)[C@@H]2c2cc3c(F)cccn3n2)ccc1C#N. The molecular weight excluding hydrogens is 357 g/mol. The van der Waals surface area contributed by atoms with Crippen LogP contribution < -0.4 is 4.90 Å². The number of pyridine rings is 2. The predicted octanol–water partition coefficient (Wildman–Crippen LogP) is 3.40. The third-order valence-electron chi connectivity index (χ3n) is 5.05. The molecule has 0 aliphatic carbocycles. The quantitative estimate of drug-likeness (QED) is 0.691. The van der Waals surface area contributed by atoms with Gasteiger partial charge in [-0.1, -0.05) is 0 Å². The van der Waals surface area contributed by atoms with Gasteiger partial charge in [-0.15, -0.1) is 0 Å². The maximum atomic E-state index is 14.2. The first-order valence-corrected chi connectivity index (χ1v) is 8.83. The lowest BCUT2D eigenvalue weighted by molar-refractivity contribution is 0.607. The van der Waals surface area contributed by atoms with Crippen LogP contribution in [0.15, 0.2) is 57.9 Å². The van der Waals surface area contributed by atoms with Crippen molar-refractivity contribution < 1.29 is 4.39 Å². The second-order valence-corrected chi connectivity index (χ2v) is 6.67. The van der Waals surface area contributed by atoms with E-state index in [2.05, 4.69) is 37.0 Å². The molecule has 3 aromatic rings. The summed E-state index contributed by atoms with van der Waals surface area (Å²) in [7, 11) is 0. The topological polar surface area (TPSA) is 81.9 Å². The minimum atomic E-state index is -0.360. The summed E-state index contributed by atoms with van der Waals surface area (Å²) in [6, 6.07) is 12.8. The third kappa shape index (κ3) is 2.42. The monoisotopic (exact) mass is 371 g/mol. The van der Waals surface area contributed by atoms with Crippen LogP contribution in [-0.2, 0) is 0 Å². The molecule has 3 aromatic heterocycles. The van der Waals surface area contributed by atoms with E-state index < -0.39 is 0 Å². The van der Waals surface area contributed by atoms with Crippen molar-refractivity contribution in [2.45, 2.75) is 19.4 Å². The van der Waals surface area contributed by atoms with Gasteiger partial charge in [0.25, 0.3) is 0 Å². The van der Waals surface area contributed by atoms with Crippen LogP contribution in [0.4, 0.5) is 10.2 Å². The Morgan fingerprint density at radius 1 is 1.29 bits per heavy atom. The fourth-order valence-corrected chi connectivity index (χ4v) is 3.67. The molecule has 0 saturated carbocycles. The van der Waals surface area contributed by atoms with Crippen LogP contribution in [0.2, 0.25) is 0 Å². The van der Waals surface area contributed by atoms with Crippen LogP contribution in [0.25, 0.3) is 5.52 Å². The Labute approximate surface area is 159 Å². The van der Waals surface area contributed by atoms with Crippen LogP contribution in [0.1, 0.15) is 29.4 Å². The Morgan fingerprint density at radius 3 is 2.96 bits per heavy atom. The average Bonchev–Trinajstić information content (AvgIpc) is 3.34. The number of fused-ring (bicyclic) bond motifs is 1. The Hall–Kier alpha value is -3.82. The van der Waals surface area contributed by atoms with Gasteiger partial charge in [0.1, 0.15) is 41.0 Å². The van der Waals surface area contributed by atoms with E-state index in [9.17, 15) is 9.65 Å². The van der Waals surface area contributed by atoms with Gasteiger partial charge < -0.3 is 4.90 Å². The Balaban J connectivity index is 1.66. The molecule has 0 N–H and O–H groups in total. The van der Waals surface area contributed by atoms with E-state index in [0.717, 1.165) is 11.4 Å². The lowest BCUT2D eigenvalue weighted by Crippen LogP contribution is -2.35. The standard InChI is InChI=1S/C20H14FN7/c1-12-13(10-22)4-5-18(25-12)27-8-6-15-19(24-11-23-15)20(27)16-9-17-14(21)3-2-7-28(17)26-16/h2-5,7,9,20H,6,8H2,1H3/t20-/m0/s1. The molecule has 5 heterocycles. The fraction of sp³-hybridized carbons (Fsp3) is 0.200. The van der Waals surface area contributed by atoms with Gasteiger partial charge in [0.2, 0.25) is 0 Å². The first kappa shape index (κ1) is 16.4. The number of hydrogen-bond donors (Lipinski definition) is 0. The van der Waals surface area contributed by atoms with Crippen molar-refractivity contribution in [3.05, 3.63) is 70.7 Å². The molecule has 5 rings (SSSR count). The minimum absolute atomic E-state index is 0.337. The van der Waals surface area contributed by atoms with Crippen molar-refractivity contribution in [1.29, 1.82) is 5.26 Å². The van der Waals surface area contributed by atoms with Gasteiger partial charge >= 0.3 is 0 Å². The molecule has 0 saturated heterocycles. The molecule has 136 valence electrons. The highest BCUT2D eigenvalue weighted by molar-refractivity contribution is 5.60. The molecule has 2 aliphatic heterocycles. The van der Waals surface area contributed by atoms with E-state index in [0.29, 0.717) is 41.3 Å². The highest BCUT2D eigenvalue weighted by atomic mass is 19.1. The molecule has 0 unspecified atom stereocenters. The summed E-state index contributed by atoms with van der Waals surface area (Å²) in [5.41, 5.74) is 3.86. The summed E-state index contributed by atoms with van der Waals surface area (Å²) in [5, 5.41) is 13.8. The summed E-state index contributed by atoms with van der Waals surface area (Å²) in [6.07, 6.45) is 2.41. The zero-order chi connectivity index (χ0) is 19.3. The summed E-state index contributed by atoms with van der Waals surface area (Å²) in [6.45, 7) is 2.46. The Bertz CT molecular complexity index is 1260. The number of nitrogens with zero attached hydrogens (tertiary/aromatic N) is 7. The highest BCUT2D eigenvalue weighted by Gasteiger charge is 2.35. The number of aryl methyl sites for hydroxylation is 1. The van der Waals surface area contributed by atoms with Crippen LogP contribution >= 0.6 is 0 Å². The molecule has 0 aromatic carbocycles. The van der Waals surface area contributed by atoms with Gasteiger partial charge in [-0.2, -0.15) is 20.3 Å². The van der Waals surface area contributed by atoms with E-state index in [-0.39, 0.29) is 11.9 Å². The summed E-state index contributed by atoms with van der Waals surface area (Å²) < 4.78 is 15.7. The Morgan fingerprint density at radius 2 is 2.18 bits per heavy atom. The smallest absolute Gasteiger partial charge is 0.148 e. The van der Waals surface area contributed by atoms with Crippen LogP contribution in [0.5, 0.6) is 0 Å². The van der Waals surface area contributed by atoms with Crippen molar-refractivity contribution in [2.75, 3.05) is 11.4 Å². The van der Waals surface area contributed by atoms with Gasteiger partial charge in [0.15, 0.2) is 0 Å². The van der Waals surface area contributed by atoms with Crippen molar-refractivity contribution in [3.8, 4) is 6.07 Å². The molecular formula is C20H14FN7. The van der Waals surface area contributed by atoms with E-state index >= 15 is 0 Å². The molecule has 0 fully saturated rings. The van der Waals surface area contributed by atoms with Crippen molar-refractivity contribution in [1.82, 2.24) is 14.6 Å². The van der Waals surface area contributed by atoms with Crippen LogP contribution in [0.3, 0.4) is 0 Å². The van der Waals surface area contributed by atoms with Crippen molar-refractivity contribution in [3.63, 3.8) is 0 Å². The normalized spacial score (nSPS) is 18.0. The van der Waals surface area contributed by atoms with Crippen LogP contribution in [0, 0.1) is 24.1 Å². The minimum Gasteiger partial charge on any atom is -0.342 e. The first-order valence-electron chi connectivity index (χ1n) is 8.83. The van der Waals surface area contributed by atoms with Gasteiger partial charge in [-0.3, -0.25) is 0 Å². The molecule has 8 heteroatoms. The molecule has 0 amide bonds. The third-order valence-corrected chi connectivity index (χ3v) is 5.05. The zero-order valence-corrected chi connectivity index (χ0v) is 15.0. The van der Waals surface area contributed by atoms with E-state index in [1.54, 1.807) is 24.4 Å². The number of nitriles is 1. The fourth-order valence-electron chi connectivity index (χ4n) is 3.67. The number of hydrogen-bond acceptors (Lipinski definition) is 6. The van der Waals surface area contributed by atoms with Gasteiger partial charge in [-0.05, 0) is 37.3 Å².